The Kier molecular flexibility index (Phi) is 6.57. The average molecular weight is 454 g/mol. The first kappa shape index (κ1) is 22.3. The molecule has 0 radical (unpaired) electrons. The van der Waals surface area contributed by atoms with Crippen molar-refractivity contribution in [2.24, 2.45) is 0 Å². The third kappa shape index (κ3) is 4.97. The fourth-order valence-corrected chi connectivity index (χ4v) is 3.97. The molecule has 33 heavy (non-hydrogen) atoms. The number of nitrogens with zero attached hydrogens (tertiary/aromatic N) is 4. The number of carbonyl (C=O) groups is 4. The van der Waals surface area contributed by atoms with Crippen molar-refractivity contribution >= 4 is 23.6 Å². The lowest BCUT2D eigenvalue weighted by Gasteiger charge is -2.41. The van der Waals surface area contributed by atoms with E-state index in [-0.39, 0.29) is 36.8 Å². The Morgan fingerprint density at radius 2 is 2.00 bits per heavy atom. The number of nitrogens with one attached hydrogen (secondary N) is 2. The molecule has 0 unspecified atom stereocenters. The molecule has 1 aromatic heterocycles. The van der Waals surface area contributed by atoms with Crippen LogP contribution in [0.3, 0.4) is 0 Å². The van der Waals surface area contributed by atoms with E-state index in [4.69, 9.17) is 0 Å². The Hall–Kier alpha value is -3.89. The van der Waals surface area contributed by atoms with Crippen LogP contribution in [0.4, 0.5) is 4.39 Å². The molecule has 4 amide bonds. The zero-order valence-corrected chi connectivity index (χ0v) is 17.7. The van der Waals surface area contributed by atoms with E-state index in [1.54, 1.807) is 0 Å². The van der Waals surface area contributed by atoms with Gasteiger partial charge in [-0.1, -0.05) is 6.07 Å². The molecule has 2 fully saturated rings. The highest BCUT2D eigenvalue weighted by Gasteiger charge is 2.39. The van der Waals surface area contributed by atoms with Gasteiger partial charge in [-0.2, -0.15) is 0 Å². The van der Waals surface area contributed by atoms with Crippen molar-refractivity contribution in [1.82, 2.24) is 30.4 Å². The van der Waals surface area contributed by atoms with Gasteiger partial charge in [-0.15, -0.1) is 0 Å². The van der Waals surface area contributed by atoms with Crippen molar-refractivity contribution in [3.63, 3.8) is 0 Å². The van der Waals surface area contributed by atoms with Crippen molar-refractivity contribution in [3.05, 3.63) is 59.9 Å². The van der Waals surface area contributed by atoms with Crippen molar-refractivity contribution in [2.45, 2.75) is 24.9 Å². The number of carbonyl (C=O) groups excluding carboxylic acids is 4. The molecule has 2 aromatic rings. The number of amides is 4. The van der Waals surface area contributed by atoms with Gasteiger partial charge in [0.15, 0.2) is 0 Å². The van der Waals surface area contributed by atoms with E-state index in [0.717, 1.165) is 6.07 Å². The van der Waals surface area contributed by atoms with Crippen LogP contribution in [-0.4, -0.2) is 81.7 Å². The van der Waals surface area contributed by atoms with Gasteiger partial charge in [0, 0.05) is 37.6 Å². The summed E-state index contributed by atoms with van der Waals surface area (Å²) < 4.78 is 13.6. The summed E-state index contributed by atoms with van der Waals surface area (Å²) in [6.45, 7) is 0.643. The lowest BCUT2D eigenvalue weighted by Crippen LogP contribution is -2.63. The zero-order valence-electron chi connectivity index (χ0n) is 17.7. The highest BCUT2D eigenvalue weighted by atomic mass is 19.1. The molecule has 1 aromatic carbocycles. The van der Waals surface area contributed by atoms with Crippen molar-refractivity contribution in [3.8, 4) is 0 Å². The fourth-order valence-electron chi connectivity index (χ4n) is 3.97. The normalized spacial score (nSPS) is 20.7. The lowest BCUT2D eigenvalue weighted by molar-refractivity contribution is -0.133. The van der Waals surface area contributed by atoms with Crippen LogP contribution in [-0.2, 0) is 9.59 Å². The Morgan fingerprint density at radius 1 is 1.15 bits per heavy atom. The van der Waals surface area contributed by atoms with Crippen LogP contribution in [0, 0.1) is 5.82 Å². The molecular weight excluding hydrogens is 431 g/mol. The Bertz CT molecular complexity index is 1070. The smallest absolute Gasteiger partial charge is 0.274 e. The maximum absolute atomic E-state index is 13.6. The van der Waals surface area contributed by atoms with Gasteiger partial charge >= 0.3 is 0 Å². The molecule has 0 spiro atoms. The molecule has 4 rings (SSSR count). The molecule has 2 aliphatic heterocycles. The third-order valence-electron chi connectivity index (χ3n) is 5.69. The highest BCUT2D eigenvalue weighted by molar-refractivity contribution is 5.99. The first-order valence-electron chi connectivity index (χ1n) is 10.6. The van der Waals surface area contributed by atoms with Crippen molar-refractivity contribution in [1.29, 1.82) is 0 Å². The average Bonchev–Trinajstić information content (AvgIpc) is 2.84. The third-order valence-corrected chi connectivity index (χ3v) is 5.69. The topological polar surface area (TPSA) is 125 Å². The highest BCUT2D eigenvalue weighted by Crippen LogP contribution is 2.17. The fraction of sp³-hybridized carbons (Fsp3) is 0.364. The molecule has 10 nitrogen and oxygen atoms in total. The Balaban J connectivity index is 1.56. The van der Waals surface area contributed by atoms with Crippen LogP contribution in [0.2, 0.25) is 0 Å². The molecule has 2 N–H and O–H groups in total. The Labute approximate surface area is 189 Å². The van der Waals surface area contributed by atoms with E-state index < -0.39 is 35.6 Å². The first-order chi connectivity index (χ1) is 15.9. The van der Waals surface area contributed by atoms with Gasteiger partial charge in [0.25, 0.3) is 11.8 Å². The van der Waals surface area contributed by atoms with E-state index in [0.29, 0.717) is 19.4 Å². The van der Waals surface area contributed by atoms with E-state index >= 15 is 0 Å². The summed E-state index contributed by atoms with van der Waals surface area (Å²) in [6.07, 6.45) is 5.30. The summed E-state index contributed by atoms with van der Waals surface area (Å²) >= 11 is 0. The summed E-state index contributed by atoms with van der Waals surface area (Å²) in [5, 5.41) is 5.41. The maximum atomic E-state index is 13.6. The summed E-state index contributed by atoms with van der Waals surface area (Å²) in [6, 6.07) is 3.52. The predicted octanol–water partition coefficient (Wildman–Crippen LogP) is -0.0227. The van der Waals surface area contributed by atoms with Crippen LogP contribution in [0.25, 0.3) is 0 Å². The molecule has 0 bridgehead atoms. The largest absolute Gasteiger partial charge is 0.354 e. The SMILES string of the molecule is O=C1NCCC[C@@H]1NC(=O)[C@@H]1CN(C(=O)c2cccc(F)c2)CCN1C(=O)c1cnccn1. The molecule has 2 aliphatic rings. The zero-order chi connectivity index (χ0) is 23.4. The second-order valence-electron chi connectivity index (χ2n) is 7.86. The van der Waals surface area contributed by atoms with Crippen LogP contribution in [0.15, 0.2) is 42.9 Å². The number of rotatable bonds is 4. The van der Waals surface area contributed by atoms with Gasteiger partial charge in [-0.05, 0) is 31.0 Å². The van der Waals surface area contributed by atoms with Gasteiger partial charge < -0.3 is 20.4 Å². The number of piperazine rings is 1. The molecule has 0 saturated carbocycles. The molecule has 3 heterocycles. The summed E-state index contributed by atoms with van der Waals surface area (Å²) in [4.78, 5) is 62.0. The number of hydrogen-bond acceptors (Lipinski definition) is 6. The van der Waals surface area contributed by atoms with Crippen molar-refractivity contribution in [2.75, 3.05) is 26.2 Å². The lowest BCUT2D eigenvalue weighted by atomic mass is 10.0. The number of piperidine rings is 1. The van der Waals surface area contributed by atoms with Crippen LogP contribution in [0.5, 0.6) is 0 Å². The summed E-state index contributed by atoms with van der Waals surface area (Å²) in [5.74, 6) is -2.34. The standard InChI is InChI=1S/C22H23FN6O4/c23-15-4-1-3-14(11-15)21(32)28-9-10-29(22(33)17-12-24-7-8-25-17)18(13-28)20(31)27-16-5-2-6-26-19(16)30/h1,3-4,7-8,11-12,16,18H,2,5-6,9-10,13H2,(H,26,30)(H,27,31)/t16-,18-/m0/s1. The number of halogens is 1. The van der Waals surface area contributed by atoms with Gasteiger partial charge in [-0.25, -0.2) is 9.37 Å². The second kappa shape index (κ2) is 9.72. The molecule has 2 atom stereocenters. The molecule has 0 aliphatic carbocycles. The van der Waals surface area contributed by atoms with Crippen LogP contribution >= 0.6 is 0 Å². The minimum Gasteiger partial charge on any atom is -0.354 e. The number of aromatic nitrogens is 2. The van der Waals surface area contributed by atoms with Gasteiger partial charge in [0.2, 0.25) is 11.8 Å². The minimum atomic E-state index is -1.06. The van der Waals surface area contributed by atoms with Crippen molar-refractivity contribution < 1.29 is 23.6 Å². The monoisotopic (exact) mass is 454 g/mol. The number of hydrogen-bond donors (Lipinski definition) is 2. The van der Waals surface area contributed by atoms with E-state index in [1.165, 1.54) is 46.6 Å². The summed E-state index contributed by atoms with van der Waals surface area (Å²) in [7, 11) is 0. The van der Waals surface area contributed by atoms with E-state index in [1.807, 2.05) is 0 Å². The molecule has 2 saturated heterocycles. The van der Waals surface area contributed by atoms with E-state index in [2.05, 4.69) is 20.6 Å². The maximum Gasteiger partial charge on any atom is 0.274 e. The summed E-state index contributed by atoms with van der Waals surface area (Å²) in [5.41, 5.74) is 0.213. The quantitative estimate of drug-likeness (QED) is 0.669. The Morgan fingerprint density at radius 3 is 2.73 bits per heavy atom. The molecule has 11 heteroatoms. The first-order valence-corrected chi connectivity index (χ1v) is 10.6. The van der Waals surface area contributed by atoms with Gasteiger partial charge in [0.1, 0.15) is 23.6 Å². The minimum absolute atomic E-state index is 0.0609. The predicted molar refractivity (Wildman–Crippen MR) is 113 cm³/mol. The van der Waals surface area contributed by atoms with Gasteiger partial charge in [-0.3, -0.25) is 24.2 Å². The van der Waals surface area contributed by atoms with Crippen LogP contribution in [0.1, 0.15) is 33.7 Å². The van der Waals surface area contributed by atoms with Gasteiger partial charge in [0.05, 0.1) is 12.7 Å². The molecular formula is C22H23FN6O4. The molecule has 172 valence electrons. The number of benzene rings is 1. The van der Waals surface area contributed by atoms with Crippen LogP contribution < -0.4 is 10.6 Å². The van der Waals surface area contributed by atoms with E-state index in [9.17, 15) is 23.6 Å². The second-order valence-corrected chi connectivity index (χ2v) is 7.86.